The van der Waals surface area contributed by atoms with E-state index in [1.54, 1.807) is 30.3 Å². The molecular formula is C26H17ClFNO5. The van der Waals surface area contributed by atoms with E-state index in [-0.39, 0.29) is 28.7 Å². The number of aliphatic hydroxyl groups is 1. The van der Waals surface area contributed by atoms with Gasteiger partial charge in [-0.25, -0.2) is 4.39 Å². The Labute approximate surface area is 198 Å². The number of hydrogen-bond acceptors (Lipinski definition) is 5. The minimum Gasteiger partial charge on any atom is -0.506 e. The lowest BCUT2D eigenvalue weighted by Gasteiger charge is -2.27. The molecule has 2 N–H and O–H groups in total. The van der Waals surface area contributed by atoms with Gasteiger partial charge in [-0.05, 0) is 47.5 Å². The van der Waals surface area contributed by atoms with E-state index in [1.807, 2.05) is 0 Å². The van der Waals surface area contributed by atoms with Gasteiger partial charge in [-0.15, -0.1) is 0 Å². The fourth-order valence-corrected chi connectivity index (χ4v) is 4.29. The van der Waals surface area contributed by atoms with Gasteiger partial charge >= 0.3 is 0 Å². The van der Waals surface area contributed by atoms with Gasteiger partial charge in [0.05, 0.1) is 16.6 Å². The first-order valence-electron chi connectivity index (χ1n) is 10.3. The van der Waals surface area contributed by atoms with Crippen molar-refractivity contribution < 1.29 is 28.6 Å². The first-order chi connectivity index (χ1) is 16.3. The van der Waals surface area contributed by atoms with E-state index in [4.69, 9.17) is 16.0 Å². The molecule has 1 unspecified atom stereocenters. The Morgan fingerprint density at radius 1 is 1.03 bits per heavy atom. The average molecular weight is 478 g/mol. The van der Waals surface area contributed by atoms with E-state index in [9.17, 15) is 24.2 Å². The molecule has 0 radical (unpaired) electrons. The number of furan rings is 1. The minimum absolute atomic E-state index is 0.0107. The molecule has 3 aromatic carbocycles. The van der Waals surface area contributed by atoms with Crippen molar-refractivity contribution in [1.82, 2.24) is 4.90 Å². The van der Waals surface area contributed by atoms with Crippen LogP contribution in [-0.2, 0) is 11.3 Å². The van der Waals surface area contributed by atoms with Crippen LogP contribution >= 0.6 is 11.6 Å². The van der Waals surface area contributed by atoms with Crippen LogP contribution in [-0.4, -0.2) is 26.8 Å². The Balaban J connectivity index is 1.61. The van der Waals surface area contributed by atoms with Gasteiger partial charge < -0.3 is 19.5 Å². The number of fused-ring (bicyclic) bond motifs is 1. The molecular weight excluding hydrogens is 461 g/mol. The molecule has 1 aliphatic rings. The smallest absolute Gasteiger partial charge is 0.290 e. The molecule has 170 valence electrons. The van der Waals surface area contributed by atoms with E-state index < -0.39 is 29.3 Å². The Hall–Kier alpha value is -4.10. The molecule has 6 nitrogen and oxygen atoms in total. The predicted octanol–water partition coefficient (Wildman–Crippen LogP) is 5.71. The summed E-state index contributed by atoms with van der Waals surface area (Å²) in [6.45, 7) is -0.0107. The van der Waals surface area contributed by atoms with Gasteiger partial charge in [-0.1, -0.05) is 48.0 Å². The highest BCUT2D eigenvalue weighted by atomic mass is 35.5. The van der Waals surface area contributed by atoms with Crippen LogP contribution in [0.1, 0.15) is 27.7 Å². The Bertz CT molecular complexity index is 1440. The normalized spacial score (nSPS) is 16.0. The number of phenols is 1. The molecule has 0 fully saturated rings. The van der Waals surface area contributed by atoms with Crippen molar-refractivity contribution in [3.63, 3.8) is 0 Å². The summed E-state index contributed by atoms with van der Waals surface area (Å²) in [7, 11) is 0. The highest BCUT2D eigenvalue weighted by Gasteiger charge is 2.44. The summed E-state index contributed by atoms with van der Waals surface area (Å²) in [5.41, 5.74) is 1.31. The number of phenolic OH excluding ortho intramolecular Hbond substituents is 1. The number of rotatable bonds is 5. The number of benzene rings is 3. The SMILES string of the molecule is O=C(C1=C(O)C(=O)N(Cc2ccc(F)cc2)C1c1ccc(O)c(Cl)c1)c1cc2ccccc2o1. The van der Waals surface area contributed by atoms with Crippen LogP contribution in [0, 0.1) is 5.82 Å². The van der Waals surface area contributed by atoms with Crippen LogP contribution in [0.15, 0.2) is 88.5 Å². The Morgan fingerprint density at radius 3 is 2.47 bits per heavy atom. The van der Waals surface area contributed by atoms with E-state index in [0.717, 1.165) is 0 Å². The van der Waals surface area contributed by atoms with Crippen molar-refractivity contribution in [2.45, 2.75) is 12.6 Å². The van der Waals surface area contributed by atoms with Gasteiger partial charge in [0.1, 0.15) is 17.1 Å². The quantitative estimate of drug-likeness (QED) is 0.359. The molecule has 34 heavy (non-hydrogen) atoms. The minimum atomic E-state index is -1.02. The first kappa shape index (κ1) is 21.7. The summed E-state index contributed by atoms with van der Waals surface area (Å²) in [5, 5.41) is 21.4. The average Bonchev–Trinajstić information content (AvgIpc) is 3.37. The van der Waals surface area contributed by atoms with Gasteiger partial charge in [0, 0.05) is 11.9 Å². The molecule has 0 spiro atoms. The number of hydrogen-bond donors (Lipinski definition) is 2. The third-order valence-corrected chi connectivity index (χ3v) is 6.05. The van der Waals surface area contributed by atoms with Crippen LogP contribution in [0.2, 0.25) is 5.02 Å². The van der Waals surface area contributed by atoms with Crippen molar-refractivity contribution in [3.05, 3.63) is 112 Å². The van der Waals surface area contributed by atoms with Crippen molar-refractivity contribution in [2.24, 2.45) is 0 Å². The third kappa shape index (κ3) is 3.70. The maximum atomic E-state index is 13.5. The zero-order chi connectivity index (χ0) is 24.0. The Kier molecular flexibility index (Phi) is 5.34. The summed E-state index contributed by atoms with van der Waals surface area (Å²) in [4.78, 5) is 27.9. The molecule has 5 rings (SSSR count). The molecule has 1 aliphatic heterocycles. The van der Waals surface area contributed by atoms with Crippen LogP contribution in [0.5, 0.6) is 5.75 Å². The van der Waals surface area contributed by atoms with Crippen molar-refractivity contribution in [3.8, 4) is 5.75 Å². The van der Waals surface area contributed by atoms with Gasteiger partial charge in [-0.3, -0.25) is 9.59 Å². The number of aliphatic hydroxyl groups excluding tert-OH is 1. The fraction of sp³-hybridized carbons (Fsp3) is 0.0769. The molecule has 0 saturated carbocycles. The third-order valence-electron chi connectivity index (χ3n) is 5.75. The number of para-hydroxylation sites is 1. The second kappa shape index (κ2) is 8.35. The van der Waals surface area contributed by atoms with E-state index in [1.165, 1.54) is 47.4 Å². The number of ketones is 1. The lowest BCUT2D eigenvalue weighted by atomic mass is 9.94. The standard InChI is InChI=1S/C26H17ClFNO5/c27-18-11-16(7-10-19(18)30)23-22(24(31)21-12-15-3-1-2-4-20(15)34-21)25(32)26(33)29(23)13-14-5-8-17(28)9-6-14/h1-12,23,30,32H,13H2. The number of nitrogens with zero attached hydrogens (tertiary/aromatic N) is 1. The number of Topliss-reactive ketones (excluding diaryl/α,β-unsaturated/α-hetero) is 1. The van der Waals surface area contributed by atoms with Crippen molar-refractivity contribution in [1.29, 1.82) is 0 Å². The van der Waals surface area contributed by atoms with Crippen molar-refractivity contribution in [2.75, 3.05) is 0 Å². The highest BCUT2D eigenvalue weighted by Crippen LogP contribution is 2.42. The van der Waals surface area contributed by atoms with E-state index in [2.05, 4.69) is 0 Å². The number of carbonyl (C=O) groups excluding carboxylic acids is 2. The molecule has 2 heterocycles. The molecule has 0 aliphatic carbocycles. The van der Waals surface area contributed by atoms with Crippen LogP contribution in [0.4, 0.5) is 4.39 Å². The van der Waals surface area contributed by atoms with E-state index in [0.29, 0.717) is 22.1 Å². The van der Waals surface area contributed by atoms with Crippen molar-refractivity contribution >= 4 is 34.3 Å². The predicted molar refractivity (Wildman–Crippen MR) is 123 cm³/mol. The maximum Gasteiger partial charge on any atom is 0.290 e. The lowest BCUT2D eigenvalue weighted by molar-refractivity contribution is -0.130. The molecule has 8 heteroatoms. The summed E-state index contributed by atoms with van der Waals surface area (Å²) >= 11 is 6.11. The monoisotopic (exact) mass is 477 g/mol. The molecule has 1 amide bonds. The fourth-order valence-electron chi connectivity index (χ4n) is 4.10. The lowest BCUT2D eigenvalue weighted by Crippen LogP contribution is -2.30. The zero-order valence-electron chi connectivity index (χ0n) is 17.5. The highest BCUT2D eigenvalue weighted by molar-refractivity contribution is 6.32. The zero-order valence-corrected chi connectivity index (χ0v) is 18.3. The van der Waals surface area contributed by atoms with Gasteiger partial charge in [-0.2, -0.15) is 0 Å². The van der Waals surface area contributed by atoms with E-state index >= 15 is 0 Å². The van der Waals surface area contributed by atoms with Gasteiger partial charge in [0.2, 0.25) is 5.78 Å². The molecule has 4 aromatic rings. The molecule has 1 aromatic heterocycles. The second-order valence-corrected chi connectivity index (χ2v) is 8.32. The molecule has 0 bridgehead atoms. The summed E-state index contributed by atoms with van der Waals surface area (Å²) in [5.74, 6) is -2.76. The molecule has 1 atom stereocenters. The number of amides is 1. The number of halogens is 2. The second-order valence-electron chi connectivity index (χ2n) is 7.91. The maximum absolute atomic E-state index is 13.5. The van der Waals surface area contributed by atoms with Gasteiger partial charge in [0.15, 0.2) is 11.5 Å². The summed E-state index contributed by atoms with van der Waals surface area (Å²) in [6, 6.07) is 17.4. The largest absolute Gasteiger partial charge is 0.506 e. The molecule has 0 saturated heterocycles. The summed E-state index contributed by atoms with van der Waals surface area (Å²) < 4.78 is 19.1. The topological polar surface area (TPSA) is 91.0 Å². The number of carbonyl (C=O) groups is 2. The summed E-state index contributed by atoms with van der Waals surface area (Å²) in [6.07, 6.45) is 0. The van der Waals surface area contributed by atoms with Crippen LogP contribution < -0.4 is 0 Å². The Morgan fingerprint density at radius 2 is 1.76 bits per heavy atom. The van der Waals surface area contributed by atoms with Gasteiger partial charge in [0.25, 0.3) is 5.91 Å². The van der Waals surface area contributed by atoms with Crippen LogP contribution in [0.25, 0.3) is 11.0 Å². The first-order valence-corrected chi connectivity index (χ1v) is 10.7. The van der Waals surface area contributed by atoms with Crippen LogP contribution in [0.3, 0.4) is 0 Å². The number of aromatic hydroxyl groups is 1.